The number of alkyl halides is 4. The van der Waals surface area contributed by atoms with Crippen molar-refractivity contribution >= 4 is 15.9 Å². The lowest BCUT2D eigenvalue weighted by Crippen LogP contribution is -2.15. The van der Waals surface area contributed by atoms with Gasteiger partial charge in [0.2, 0.25) is 0 Å². The summed E-state index contributed by atoms with van der Waals surface area (Å²) in [5, 5.41) is 8.21. The molecule has 98 valence electrons. The van der Waals surface area contributed by atoms with E-state index in [0.29, 0.717) is 29.4 Å². The molecule has 0 atom stereocenters. The van der Waals surface area contributed by atoms with Crippen LogP contribution in [0.4, 0.5) is 13.2 Å². The Hall–Kier alpha value is -0.590. The lowest BCUT2D eigenvalue weighted by molar-refractivity contribution is -0.134. The van der Waals surface area contributed by atoms with Gasteiger partial charge in [-0.1, -0.05) is 29.8 Å². The summed E-state index contributed by atoms with van der Waals surface area (Å²) in [6.07, 6.45) is -5.12. The van der Waals surface area contributed by atoms with Gasteiger partial charge in [-0.3, -0.25) is 0 Å². The van der Waals surface area contributed by atoms with Crippen molar-refractivity contribution in [3.63, 3.8) is 0 Å². The molecule has 0 saturated heterocycles. The van der Waals surface area contributed by atoms with E-state index in [2.05, 4.69) is 26.1 Å². The SMILES string of the molecule is CC(C)Cn1c(CBr)nnc1CCC(F)(F)F. The van der Waals surface area contributed by atoms with E-state index >= 15 is 0 Å². The number of hydrogen-bond acceptors (Lipinski definition) is 2. The van der Waals surface area contributed by atoms with Crippen molar-refractivity contribution in [2.45, 2.75) is 44.7 Å². The molecule has 1 heterocycles. The monoisotopic (exact) mass is 313 g/mol. The average molecular weight is 314 g/mol. The van der Waals surface area contributed by atoms with E-state index in [1.165, 1.54) is 0 Å². The Bertz CT molecular complexity index is 360. The molecular formula is C10H15BrF3N3. The van der Waals surface area contributed by atoms with E-state index in [4.69, 9.17) is 0 Å². The molecule has 0 fully saturated rings. The van der Waals surface area contributed by atoms with Gasteiger partial charge >= 0.3 is 6.18 Å². The van der Waals surface area contributed by atoms with Crippen molar-refractivity contribution < 1.29 is 13.2 Å². The van der Waals surface area contributed by atoms with E-state index in [1.807, 2.05) is 13.8 Å². The molecule has 0 aliphatic rings. The maximum absolute atomic E-state index is 12.2. The van der Waals surface area contributed by atoms with Gasteiger partial charge in [-0.05, 0) is 5.92 Å². The number of aryl methyl sites for hydroxylation is 1. The highest BCUT2D eigenvalue weighted by atomic mass is 79.9. The first-order valence-corrected chi connectivity index (χ1v) is 6.49. The molecule has 0 aliphatic heterocycles. The van der Waals surface area contributed by atoms with Crippen LogP contribution in [0.1, 0.15) is 31.9 Å². The van der Waals surface area contributed by atoms with Gasteiger partial charge in [0.05, 0.1) is 11.8 Å². The van der Waals surface area contributed by atoms with Crippen molar-refractivity contribution in [3.8, 4) is 0 Å². The maximum atomic E-state index is 12.2. The minimum Gasteiger partial charge on any atom is -0.314 e. The molecule has 0 bridgehead atoms. The highest BCUT2D eigenvalue weighted by molar-refractivity contribution is 9.08. The third-order valence-electron chi connectivity index (χ3n) is 2.20. The van der Waals surface area contributed by atoms with Crippen LogP contribution < -0.4 is 0 Å². The van der Waals surface area contributed by atoms with Gasteiger partial charge < -0.3 is 4.57 Å². The highest BCUT2D eigenvalue weighted by Crippen LogP contribution is 2.22. The summed E-state index contributed by atoms with van der Waals surface area (Å²) in [6, 6.07) is 0. The minimum absolute atomic E-state index is 0.115. The summed E-state index contributed by atoms with van der Waals surface area (Å²) < 4.78 is 38.2. The van der Waals surface area contributed by atoms with Gasteiger partial charge in [0.15, 0.2) is 0 Å². The van der Waals surface area contributed by atoms with Crippen LogP contribution in [0.5, 0.6) is 0 Å². The molecule has 3 nitrogen and oxygen atoms in total. The summed E-state index contributed by atoms with van der Waals surface area (Å²) in [5.74, 6) is 1.43. The van der Waals surface area contributed by atoms with E-state index in [0.717, 1.165) is 0 Å². The van der Waals surface area contributed by atoms with Crippen LogP contribution in [0.15, 0.2) is 0 Å². The zero-order chi connectivity index (χ0) is 13.1. The molecule has 0 amide bonds. The van der Waals surface area contributed by atoms with Crippen molar-refractivity contribution in [3.05, 3.63) is 11.6 Å². The van der Waals surface area contributed by atoms with Crippen molar-refractivity contribution in [2.75, 3.05) is 0 Å². The van der Waals surface area contributed by atoms with E-state index in [9.17, 15) is 13.2 Å². The Labute approximate surface area is 107 Å². The van der Waals surface area contributed by atoms with Crippen LogP contribution >= 0.6 is 15.9 Å². The molecular weight excluding hydrogens is 299 g/mol. The van der Waals surface area contributed by atoms with Gasteiger partial charge in [-0.25, -0.2) is 0 Å². The molecule has 0 saturated carbocycles. The Balaban J connectivity index is 2.80. The fourth-order valence-corrected chi connectivity index (χ4v) is 1.90. The molecule has 7 heteroatoms. The second-order valence-corrected chi connectivity index (χ2v) is 4.85. The van der Waals surface area contributed by atoms with Gasteiger partial charge in [0, 0.05) is 13.0 Å². The molecule has 0 N–H and O–H groups in total. The number of aromatic nitrogens is 3. The summed E-state index contributed by atoms with van der Waals surface area (Å²) in [6.45, 7) is 4.65. The maximum Gasteiger partial charge on any atom is 0.389 e. The van der Waals surface area contributed by atoms with Crippen LogP contribution in [-0.2, 0) is 18.3 Å². The van der Waals surface area contributed by atoms with Crippen molar-refractivity contribution in [2.24, 2.45) is 5.92 Å². The summed E-state index contributed by atoms with van der Waals surface area (Å²) in [5.41, 5.74) is 0. The van der Waals surface area contributed by atoms with Crippen LogP contribution in [0.2, 0.25) is 0 Å². The molecule has 0 spiro atoms. The molecule has 0 aromatic carbocycles. The summed E-state index contributed by atoms with van der Waals surface area (Å²) >= 11 is 3.26. The Morgan fingerprint density at radius 1 is 1.24 bits per heavy atom. The van der Waals surface area contributed by atoms with Gasteiger partial charge in [-0.2, -0.15) is 13.2 Å². The third kappa shape index (κ3) is 4.65. The van der Waals surface area contributed by atoms with Crippen LogP contribution in [0.25, 0.3) is 0 Å². The number of hydrogen-bond donors (Lipinski definition) is 0. The molecule has 1 aromatic rings. The summed E-state index contributed by atoms with van der Waals surface area (Å²) in [7, 11) is 0. The zero-order valence-corrected chi connectivity index (χ0v) is 11.3. The molecule has 0 aliphatic carbocycles. The number of rotatable bonds is 5. The minimum atomic E-state index is -4.15. The Morgan fingerprint density at radius 2 is 1.82 bits per heavy atom. The van der Waals surface area contributed by atoms with Crippen LogP contribution in [0.3, 0.4) is 0 Å². The predicted octanol–water partition coefficient (Wildman–Crippen LogP) is 3.32. The zero-order valence-electron chi connectivity index (χ0n) is 9.76. The first-order chi connectivity index (χ1) is 7.83. The van der Waals surface area contributed by atoms with E-state index in [-0.39, 0.29) is 6.42 Å². The molecule has 1 rings (SSSR count). The standard InChI is InChI=1S/C10H15BrF3N3/c1-7(2)6-17-8(3-4-10(12,13)14)15-16-9(17)5-11/h7H,3-6H2,1-2H3. The second-order valence-electron chi connectivity index (χ2n) is 4.29. The first kappa shape index (κ1) is 14.5. The second kappa shape index (κ2) is 5.84. The molecule has 0 unspecified atom stereocenters. The third-order valence-corrected chi connectivity index (χ3v) is 2.70. The smallest absolute Gasteiger partial charge is 0.314 e. The Morgan fingerprint density at radius 3 is 2.29 bits per heavy atom. The van der Waals surface area contributed by atoms with Crippen LogP contribution in [0, 0.1) is 5.92 Å². The Kier molecular flexibility index (Phi) is 4.97. The lowest BCUT2D eigenvalue weighted by Gasteiger charge is -2.12. The first-order valence-electron chi connectivity index (χ1n) is 5.37. The van der Waals surface area contributed by atoms with Crippen LogP contribution in [-0.4, -0.2) is 20.9 Å². The normalized spacial score (nSPS) is 12.4. The fraction of sp³-hybridized carbons (Fsp3) is 0.800. The summed E-state index contributed by atoms with van der Waals surface area (Å²) in [4.78, 5) is 0. The lowest BCUT2D eigenvalue weighted by atomic mass is 10.2. The van der Waals surface area contributed by atoms with Crippen molar-refractivity contribution in [1.82, 2.24) is 14.8 Å². The van der Waals surface area contributed by atoms with Crippen molar-refractivity contribution in [1.29, 1.82) is 0 Å². The van der Waals surface area contributed by atoms with Gasteiger partial charge in [0.1, 0.15) is 11.6 Å². The average Bonchev–Trinajstić information content (AvgIpc) is 2.55. The number of halogens is 4. The predicted molar refractivity (Wildman–Crippen MR) is 61.9 cm³/mol. The van der Waals surface area contributed by atoms with E-state index in [1.54, 1.807) is 4.57 Å². The molecule has 0 radical (unpaired) electrons. The van der Waals surface area contributed by atoms with Gasteiger partial charge in [0.25, 0.3) is 0 Å². The van der Waals surface area contributed by atoms with Gasteiger partial charge in [-0.15, -0.1) is 10.2 Å². The topological polar surface area (TPSA) is 30.7 Å². The van der Waals surface area contributed by atoms with E-state index < -0.39 is 12.6 Å². The molecule has 1 aromatic heterocycles. The highest BCUT2D eigenvalue weighted by Gasteiger charge is 2.28. The fourth-order valence-electron chi connectivity index (χ4n) is 1.49. The number of nitrogens with zero attached hydrogens (tertiary/aromatic N) is 3. The quantitative estimate of drug-likeness (QED) is 0.781. The largest absolute Gasteiger partial charge is 0.389 e. The molecule has 17 heavy (non-hydrogen) atoms.